The number of hydrogen-bond acceptors (Lipinski definition) is 3. The first-order valence-corrected chi connectivity index (χ1v) is 4.29. The third-order valence-corrected chi connectivity index (χ3v) is 1.99. The maximum absolute atomic E-state index is 5.52. The van der Waals surface area contributed by atoms with Crippen LogP contribution in [0.3, 0.4) is 0 Å². The van der Waals surface area contributed by atoms with Crippen LogP contribution in [0.15, 0.2) is 31.1 Å². The molecule has 0 aromatic carbocycles. The van der Waals surface area contributed by atoms with Gasteiger partial charge in [-0.25, -0.2) is 4.68 Å². The van der Waals surface area contributed by atoms with Gasteiger partial charge >= 0.3 is 0 Å². The first-order chi connectivity index (χ1) is 6.37. The summed E-state index contributed by atoms with van der Waals surface area (Å²) in [5.41, 5.74) is 0. The zero-order valence-corrected chi connectivity index (χ0v) is 7.35. The summed E-state index contributed by atoms with van der Waals surface area (Å²) in [6.45, 7) is 5.05. The smallest absolute Gasteiger partial charge is 0.291 e. The maximum atomic E-state index is 5.52. The van der Waals surface area contributed by atoms with Gasteiger partial charge in [-0.05, 0) is 18.6 Å². The topological polar surface area (TPSA) is 36.3 Å². The molecule has 0 radical (unpaired) electrons. The molecule has 1 saturated heterocycles. The van der Waals surface area contributed by atoms with Gasteiger partial charge in [0.25, 0.3) is 5.91 Å². The van der Waals surface area contributed by atoms with E-state index in [0.29, 0.717) is 13.2 Å². The average Bonchev–Trinajstić information content (AvgIpc) is 2.72. The van der Waals surface area contributed by atoms with E-state index in [4.69, 9.17) is 9.47 Å². The van der Waals surface area contributed by atoms with Crippen LogP contribution >= 0.6 is 0 Å². The van der Waals surface area contributed by atoms with Crippen molar-refractivity contribution >= 4 is 0 Å². The summed E-state index contributed by atoms with van der Waals surface area (Å²) in [5.74, 6) is -0.887. The Bertz CT molecular complexity index is 276. The lowest BCUT2D eigenvalue weighted by atomic mass is 10.4. The zero-order valence-electron chi connectivity index (χ0n) is 7.35. The SMILES string of the molecule is C=CC1(n2cccn2)OCCCO1. The van der Waals surface area contributed by atoms with Crippen molar-refractivity contribution in [2.75, 3.05) is 13.2 Å². The molecule has 2 rings (SSSR count). The van der Waals surface area contributed by atoms with Gasteiger partial charge in [0.05, 0.1) is 13.2 Å². The molecule has 0 unspecified atom stereocenters. The molecule has 13 heavy (non-hydrogen) atoms. The highest BCUT2D eigenvalue weighted by atomic mass is 16.7. The molecule has 1 aromatic rings. The number of aromatic nitrogens is 2. The molecule has 1 aliphatic rings. The quantitative estimate of drug-likeness (QED) is 0.640. The van der Waals surface area contributed by atoms with Crippen LogP contribution in [0.25, 0.3) is 0 Å². The van der Waals surface area contributed by atoms with Crippen molar-refractivity contribution in [2.45, 2.75) is 12.3 Å². The van der Waals surface area contributed by atoms with Crippen LogP contribution in [-0.2, 0) is 15.4 Å². The van der Waals surface area contributed by atoms with Gasteiger partial charge in [-0.3, -0.25) is 0 Å². The van der Waals surface area contributed by atoms with Gasteiger partial charge in [0.15, 0.2) is 0 Å². The predicted octanol–water partition coefficient (Wildman–Crippen LogP) is 1.12. The highest BCUT2D eigenvalue weighted by Crippen LogP contribution is 2.24. The average molecular weight is 180 g/mol. The van der Waals surface area contributed by atoms with Crippen LogP contribution in [0.2, 0.25) is 0 Å². The lowest BCUT2D eigenvalue weighted by molar-refractivity contribution is -0.293. The Labute approximate surface area is 76.8 Å². The van der Waals surface area contributed by atoms with Gasteiger partial charge in [-0.2, -0.15) is 5.10 Å². The summed E-state index contributed by atoms with van der Waals surface area (Å²) >= 11 is 0. The fourth-order valence-electron chi connectivity index (χ4n) is 1.33. The third kappa shape index (κ3) is 1.38. The fourth-order valence-corrected chi connectivity index (χ4v) is 1.33. The summed E-state index contributed by atoms with van der Waals surface area (Å²) in [4.78, 5) is 0. The molecule has 70 valence electrons. The van der Waals surface area contributed by atoms with E-state index in [2.05, 4.69) is 11.7 Å². The molecule has 0 N–H and O–H groups in total. The standard InChI is InChI=1S/C9H12N2O2/c1-2-9(11-6-3-5-10-11)12-7-4-8-13-9/h2-3,5-6H,1,4,7-8H2. The summed E-state index contributed by atoms with van der Waals surface area (Å²) in [6.07, 6.45) is 6.02. The van der Waals surface area contributed by atoms with E-state index >= 15 is 0 Å². The highest BCUT2D eigenvalue weighted by Gasteiger charge is 2.33. The predicted molar refractivity (Wildman–Crippen MR) is 46.9 cm³/mol. The van der Waals surface area contributed by atoms with Crippen LogP contribution in [0.5, 0.6) is 0 Å². The van der Waals surface area contributed by atoms with E-state index in [1.54, 1.807) is 23.2 Å². The molecule has 1 aromatic heterocycles. The molecule has 2 heterocycles. The van der Waals surface area contributed by atoms with E-state index in [0.717, 1.165) is 6.42 Å². The zero-order chi connectivity index (χ0) is 9.15. The molecule has 4 heteroatoms. The molecule has 0 atom stereocenters. The molecule has 0 spiro atoms. The summed E-state index contributed by atoms with van der Waals surface area (Å²) in [5, 5.41) is 4.08. The van der Waals surface area contributed by atoms with Crippen molar-refractivity contribution in [3.63, 3.8) is 0 Å². The Kier molecular flexibility index (Phi) is 2.16. The second-order valence-electron chi connectivity index (χ2n) is 2.84. The minimum absolute atomic E-state index is 0.672. The molecule has 0 bridgehead atoms. The van der Waals surface area contributed by atoms with Gasteiger partial charge < -0.3 is 9.47 Å². The van der Waals surface area contributed by atoms with Crippen LogP contribution in [0.4, 0.5) is 0 Å². The minimum atomic E-state index is -0.887. The van der Waals surface area contributed by atoms with E-state index in [9.17, 15) is 0 Å². The van der Waals surface area contributed by atoms with Crippen molar-refractivity contribution in [3.05, 3.63) is 31.1 Å². The van der Waals surface area contributed by atoms with E-state index in [-0.39, 0.29) is 0 Å². The molecule has 1 fully saturated rings. The number of rotatable bonds is 2. The highest BCUT2D eigenvalue weighted by molar-refractivity contribution is 4.91. The van der Waals surface area contributed by atoms with Gasteiger partial charge in [0.2, 0.25) is 0 Å². The Balaban J connectivity index is 2.28. The van der Waals surface area contributed by atoms with Crippen LogP contribution in [-0.4, -0.2) is 23.0 Å². The molecule has 0 saturated carbocycles. The largest absolute Gasteiger partial charge is 0.328 e. The van der Waals surface area contributed by atoms with Crippen molar-refractivity contribution < 1.29 is 9.47 Å². The normalized spacial score (nSPS) is 21.2. The second-order valence-corrected chi connectivity index (χ2v) is 2.84. The van der Waals surface area contributed by atoms with Gasteiger partial charge in [-0.15, -0.1) is 0 Å². The van der Waals surface area contributed by atoms with Crippen LogP contribution < -0.4 is 0 Å². The fraction of sp³-hybridized carbons (Fsp3) is 0.444. The lowest BCUT2D eigenvalue weighted by Gasteiger charge is -2.34. The Morgan fingerprint density at radius 1 is 1.46 bits per heavy atom. The van der Waals surface area contributed by atoms with Crippen molar-refractivity contribution in [2.24, 2.45) is 0 Å². The molecular formula is C9H12N2O2. The first-order valence-electron chi connectivity index (χ1n) is 4.29. The van der Waals surface area contributed by atoms with Crippen molar-refractivity contribution in [1.29, 1.82) is 0 Å². The van der Waals surface area contributed by atoms with E-state index in [1.165, 1.54) is 0 Å². The molecule has 0 amide bonds. The lowest BCUT2D eigenvalue weighted by Crippen LogP contribution is -2.41. The van der Waals surface area contributed by atoms with E-state index in [1.807, 2.05) is 6.07 Å². The van der Waals surface area contributed by atoms with Gasteiger partial charge in [-0.1, -0.05) is 6.58 Å². The third-order valence-electron chi connectivity index (χ3n) is 1.99. The van der Waals surface area contributed by atoms with Crippen LogP contribution in [0, 0.1) is 0 Å². The summed E-state index contributed by atoms with van der Waals surface area (Å²) < 4.78 is 12.7. The molecular weight excluding hydrogens is 168 g/mol. The summed E-state index contributed by atoms with van der Waals surface area (Å²) in [7, 11) is 0. The molecule has 1 aliphatic heterocycles. The number of nitrogens with zero attached hydrogens (tertiary/aromatic N) is 2. The maximum Gasteiger partial charge on any atom is 0.291 e. The van der Waals surface area contributed by atoms with Gasteiger partial charge in [0.1, 0.15) is 0 Å². The van der Waals surface area contributed by atoms with E-state index < -0.39 is 5.91 Å². The first kappa shape index (κ1) is 8.47. The Hall–Kier alpha value is -1.13. The molecule has 4 nitrogen and oxygen atoms in total. The number of ether oxygens (including phenoxy) is 2. The monoisotopic (exact) mass is 180 g/mol. The van der Waals surface area contributed by atoms with Crippen molar-refractivity contribution in [1.82, 2.24) is 9.78 Å². The Morgan fingerprint density at radius 3 is 2.77 bits per heavy atom. The Morgan fingerprint density at radius 2 is 2.23 bits per heavy atom. The minimum Gasteiger partial charge on any atom is -0.328 e. The summed E-state index contributed by atoms with van der Waals surface area (Å²) in [6, 6.07) is 1.83. The van der Waals surface area contributed by atoms with Crippen molar-refractivity contribution in [3.8, 4) is 0 Å². The second kappa shape index (κ2) is 3.32. The van der Waals surface area contributed by atoms with Crippen LogP contribution in [0.1, 0.15) is 6.42 Å². The molecule has 0 aliphatic carbocycles. The van der Waals surface area contributed by atoms with Gasteiger partial charge in [0, 0.05) is 12.4 Å². The number of hydrogen-bond donors (Lipinski definition) is 0.